The van der Waals surface area contributed by atoms with Crippen molar-refractivity contribution in [2.45, 2.75) is 10.1 Å². The van der Waals surface area contributed by atoms with Crippen molar-refractivity contribution in [1.82, 2.24) is 9.66 Å². The fraction of sp³-hybridized carbons (Fsp3) is 0. The molecule has 0 aliphatic heterocycles. The van der Waals surface area contributed by atoms with Crippen molar-refractivity contribution in [2.75, 3.05) is 0 Å². The van der Waals surface area contributed by atoms with Crippen LogP contribution in [0.3, 0.4) is 0 Å². The van der Waals surface area contributed by atoms with E-state index in [1.807, 2.05) is 0 Å². The molecular formula is C9H5ClN4O4S. The van der Waals surface area contributed by atoms with Gasteiger partial charge in [-0.05, 0) is 22.5 Å². The van der Waals surface area contributed by atoms with Crippen LogP contribution in [0.25, 0.3) is 0 Å². The van der Waals surface area contributed by atoms with Gasteiger partial charge in [-0.25, -0.2) is 15.1 Å². The molecule has 1 aromatic heterocycles. The lowest BCUT2D eigenvalue weighted by atomic mass is 10.3. The summed E-state index contributed by atoms with van der Waals surface area (Å²) in [5.41, 5.74) is -0.226. The molecule has 10 heteroatoms. The van der Waals surface area contributed by atoms with Gasteiger partial charge in [0.15, 0.2) is 5.03 Å². The Balaban J connectivity index is 2.46. The van der Waals surface area contributed by atoms with Crippen LogP contribution in [0.5, 0.6) is 0 Å². The first-order chi connectivity index (χ1) is 9.00. The molecule has 8 nitrogen and oxygen atoms in total. The van der Waals surface area contributed by atoms with E-state index < -0.39 is 9.96 Å². The molecule has 2 aromatic rings. The molecule has 0 saturated heterocycles. The van der Waals surface area contributed by atoms with Crippen LogP contribution in [0.4, 0.5) is 5.69 Å². The summed E-state index contributed by atoms with van der Waals surface area (Å²) in [5, 5.41) is 21.1. The molecule has 0 aliphatic rings. The van der Waals surface area contributed by atoms with Crippen molar-refractivity contribution in [2.24, 2.45) is 0 Å². The highest BCUT2D eigenvalue weighted by Gasteiger charge is 2.22. The Hall–Kier alpha value is -2.13. The van der Waals surface area contributed by atoms with Gasteiger partial charge in [0.1, 0.15) is 4.90 Å². The van der Waals surface area contributed by atoms with Crippen LogP contribution in [-0.4, -0.2) is 19.6 Å². The van der Waals surface area contributed by atoms with Crippen LogP contribution in [0.15, 0.2) is 40.6 Å². The summed E-state index contributed by atoms with van der Waals surface area (Å²) in [7, 11) is 0. The van der Waals surface area contributed by atoms with E-state index in [0.717, 1.165) is 18.0 Å². The summed E-state index contributed by atoms with van der Waals surface area (Å²) >= 11 is 6.66. The second kappa shape index (κ2) is 5.24. The van der Waals surface area contributed by atoms with Gasteiger partial charge in [0.2, 0.25) is 5.16 Å². The second-order valence-electron chi connectivity index (χ2n) is 3.24. The minimum atomic E-state index is -0.683. The number of nitro benzene ring substituents is 1. The molecule has 0 atom stereocenters. The molecule has 0 N–H and O–H groups in total. The van der Waals surface area contributed by atoms with E-state index in [2.05, 4.69) is 4.98 Å². The molecule has 0 fully saturated rings. The number of hydrogen-bond acceptors (Lipinski definition) is 6. The van der Waals surface area contributed by atoms with Gasteiger partial charge in [0.05, 0.1) is 22.3 Å². The fourth-order valence-electron chi connectivity index (χ4n) is 1.31. The summed E-state index contributed by atoms with van der Waals surface area (Å²) in [6, 6.07) is 4.18. The van der Waals surface area contributed by atoms with Crippen molar-refractivity contribution in [3.05, 3.63) is 55.8 Å². The predicted octanol–water partition coefficient (Wildman–Crippen LogP) is 2.64. The number of aromatic nitrogens is 2. The van der Waals surface area contributed by atoms with Crippen LogP contribution in [0, 0.1) is 20.2 Å². The van der Waals surface area contributed by atoms with E-state index in [1.54, 1.807) is 0 Å². The lowest BCUT2D eigenvalue weighted by molar-refractivity contribution is -0.549. The summed E-state index contributed by atoms with van der Waals surface area (Å²) in [6.07, 6.45) is 2.37. The summed E-state index contributed by atoms with van der Waals surface area (Å²) in [4.78, 5) is 24.9. The molecule has 0 amide bonds. The van der Waals surface area contributed by atoms with E-state index >= 15 is 0 Å². The van der Waals surface area contributed by atoms with Gasteiger partial charge in [0, 0.05) is 6.07 Å². The first-order valence-electron chi connectivity index (χ1n) is 4.79. The Morgan fingerprint density at radius 2 is 2.05 bits per heavy atom. The van der Waals surface area contributed by atoms with E-state index in [1.165, 1.54) is 24.4 Å². The van der Waals surface area contributed by atoms with Gasteiger partial charge in [-0.15, -0.1) is 0 Å². The van der Waals surface area contributed by atoms with Crippen molar-refractivity contribution in [1.29, 1.82) is 0 Å². The van der Waals surface area contributed by atoms with Gasteiger partial charge in [0.25, 0.3) is 5.69 Å². The number of nitro groups is 2. The fourth-order valence-corrected chi connectivity index (χ4v) is 2.53. The standard InChI is InChI=1S/C9H5ClN4O4S/c10-6-2-1-3-7(13(15)16)8(6)19-9-11-4-5-12(9)14(17)18/h1-5H. The highest BCUT2D eigenvalue weighted by atomic mass is 35.5. The molecule has 1 aromatic carbocycles. The molecular weight excluding hydrogens is 296 g/mol. The molecule has 0 unspecified atom stereocenters. The number of benzene rings is 1. The number of rotatable bonds is 4. The average Bonchev–Trinajstić information content (AvgIpc) is 2.79. The Morgan fingerprint density at radius 1 is 1.32 bits per heavy atom. The van der Waals surface area contributed by atoms with Crippen LogP contribution < -0.4 is 0 Å². The quantitative estimate of drug-likeness (QED) is 0.635. The molecule has 0 bridgehead atoms. The number of hydrogen-bond donors (Lipinski definition) is 0. The Bertz CT molecular complexity index is 659. The zero-order valence-electron chi connectivity index (χ0n) is 9.09. The molecule has 0 saturated carbocycles. The van der Waals surface area contributed by atoms with Crippen LogP contribution >= 0.6 is 23.4 Å². The third-order valence-electron chi connectivity index (χ3n) is 2.10. The van der Waals surface area contributed by atoms with Gasteiger partial charge < -0.3 is 0 Å². The third kappa shape index (κ3) is 2.66. The van der Waals surface area contributed by atoms with E-state index in [0.29, 0.717) is 4.68 Å². The highest BCUT2D eigenvalue weighted by molar-refractivity contribution is 7.99. The zero-order chi connectivity index (χ0) is 14.0. The first kappa shape index (κ1) is 13.3. The van der Waals surface area contributed by atoms with E-state index in [4.69, 9.17) is 11.6 Å². The Morgan fingerprint density at radius 3 is 2.68 bits per heavy atom. The highest BCUT2D eigenvalue weighted by Crippen LogP contribution is 2.38. The maximum absolute atomic E-state index is 10.9. The minimum absolute atomic E-state index is 0.0128. The lowest BCUT2D eigenvalue weighted by Gasteiger charge is -2.03. The van der Waals surface area contributed by atoms with Crippen LogP contribution in [0.1, 0.15) is 0 Å². The zero-order valence-corrected chi connectivity index (χ0v) is 10.7. The average molecular weight is 301 g/mol. The summed E-state index contributed by atoms with van der Waals surface area (Å²) < 4.78 is 0.664. The maximum atomic E-state index is 10.9. The van der Waals surface area contributed by atoms with Gasteiger partial charge in [-0.1, -0.05) is 17.7 Å². The molecule has 0 radical (unpaired) electrons. The molecule has 1 heterocycles. The largest absolute Gasteiger partial charge is 0.284 e. The number of nitrogens with zero attached hydrogens (tertiary/aromatic N) is 4. The van der Waals surface area contributed by atoms with Crippen molar-refractivity contribution < 1.29 is 9.96 Å². The molecule has 19 heavy (non-hydrogen) atoms. The Kier molecular flexibility index (Phi) is 3.67. The third-order valence-corrected chi connectivity index (χ3v) is 3.64. The van der Waals surface area contributed by atoms with Gasteiger partial charge in [-0.3, -0.25) is 10.1 Å². The number of imidazole rings is 1. The van der Waals surface area contributed by atoms with Crippen LogP contribution in [-0.2, 0) is 0 Å². The second-order valence-corrected chi connectivity index (χ2v) is 4.62. The Labute approximate surface area is 115 Å². The predicted molar refractivity (Wildman–Crippen MR) is 66.8 cm³/mol. The van der Waals surface area contributed by atoms with Gasteiger partial charge in [-0.2, -0.15) is 0 Å². The van der Waals surface area contributed by atoms with E-state index in [-0.39, 0.29) is 20.8 Å². The molecule has 2 rings (SSSR count). The van der Waals surface area contributed by atoms with Crippen LogP contribution in [0.2, 0.25) is 5.02 Å². The molecule has 98 valence electrons. The van der Waals surface area contributed by atoms with Gasteiger partial charge >= 0.3 is 0 Å². The summed E-state index contributed by atoms with van der Waals surface area (Å²) in [6.45, 7) is 0. The smallest absolute Gasteiger partial charge is 0.258 e. The minimum Gasteiger partial charge on any atom is -0.258 e. The van der Waals surface area contributed by atoms with E-state index in [9.17, 15) is 20.2 Å². The maximum Gasteiger partial charge on any atom is 0.284 e. The van der Waals surface area contributed by atoms with Crippen molar-refractivity contribution >= 4 is 29.1 Å². The molecule has 0 spiro atoms. The number of halogens is 1. The normalized spacial score (nSPS) is 10.4. The SMILES string of the molecule is O=[N+]([O-])c1cccc(Cl)c1Sc1nccn1[N+](=O)[O-]. The lowest BCUT2D eigenvalue weighted by Crippen LogP contribution is -2.08. The topological polar surface area (TPSA) is 104 Å². The first-order valence-corrected chi connectivity index (χ1v) is 5.99. The van der Waals surface area contributed by atoms with Crippen molar-refractivity contribution in [3.63, 3.8) is 0 Å². The summed E-state index contributed by atoms with van der Waals surface area (Å²) in [5.74, 6) is 0. The monoisotopic (exact) mass is 300 g/mol. The molecule has 0 aliphatic carbocycles. The van der Waals surface area contributed by atoms with Crippen molar-refractivity contribution in [3.8, 4) is 0 Å².